The first-order chi connectivity index (χ1) is 13.7. The second kappa shape index (κ2) is 8.29. The van der Waals surface area contributed by atoms with Crippen LogP contribution in [0.4, 0.5) is 0 Å². The van der Waals surface area contributed by atoms with Crippen LogP contribution in [0, 0.1) is 6.92 Å². The molecule has 0 unspecified atom stereocenters. The molecule has 0 bridgehead atoms. The third-order valence-corrected chi connectivity index (χ3v) is 6.10. The van der Waals surface area contributed by atoms with Gasteiger partial charge in [-0.2, -0.15) is 0 Å². The predicted molar refractivity (Wildman–Crippen MR) is 121 cm³/mol. The van der Waals surface area contributed by atoms with Gasteiger partial charge in [-0.3, -0.25) is 4.79 Å². The van der Waals surface area contributed by atoms with Gasteiger partial charge in [0.1, 0.15) is 5.75 Å². The van der Waals surface area contributed by atoms with Gasteiger partial charge >= 0.3 is 0 Å². The van der Waals surface area contributed by atoms with Crippen molar-refractivity contribution in [3.8, 4) is 16.2 Å². The number of thiophene rings is 1. The highest BCUT2D eigenvalue weighted by molar-refractivity contribution is 9.09. The first kappa shape index (κ1) is 18.9. The van der Waals surface area contributed by atoms with E-state index in [4.69, 9.17) is 4.74 Å². The van der Waals surface area contributed by atoms with Crippen molar-refractivity contribution < 1.29 is 9.53 Å². The Labute approximate surface area is 176 Å². The Bertz CT molecular complexity index is 1110. The van der Waals surface area contributed by atoms with Crippen molar-refractivity contribution in [1.29, 1.82) is 0 Å². The third kappa shape index (κ3) is 3.75. The Morgan fingerprint density at radius 1 is 1.00 bits per heavy atom. The molecular formula is C24H19BrO2S. The molecule has 0 saturated heterocycles. The van der Waals surface area contributed by atoms with E-state index in [1.807, 2.05) is 42.5 Å². The van der Waals surface area contributed by atoms with Crippen LogP contribution in [0.5, 0.6) is 5.75 Å². The van der Waals surface area contributed by atoms with E-state index < -0.39 is 0 Å². The Morgan fingerprint density at radius 3 is 2.46 bits per heavy atom. The lowest BCUT2D eigenvalue weighted by Gasteiger charge is -2.07. The molecule has 0 aliphatic carbocycles. The number of alkyl halides is 1. The van der Waals surface area contributed by atoms with Crippen LogP contribution in [-0.4, -0.2) is 17.7 Å². The smallest absolute Gasteiger partial charge is 0.195 e. The number of hydrogen-bond acceptors (Lipinski definition) is 3. The molecule has 28 heavy (non-hydrogen) atoms. The minimum atomic E-state index is 0.0426. The highest BCUT2D eigenvalue weighted by Crippen LogP contribution is 2.40. The Balaban J connectivity index is 1.81. The summed E-state index contributed by atoms with van der Waals surface area (Å²) in [6, 6.07) is 23.8. The molecule has 0 N–H and O–H groups in total. The van der Waals surface area contributed by atoms with Gasteiger partial charge in [-0.05, 0) is 48.4 Å². The van der Waals surface area contributed by atoms with Crippen LogP contribution in [0.25, 0.3) is 20.5 Å². The van der Waals surface area contributed by atoms with Crippen molar-refractivity contribution in [3.63, 3.8) is 0 Å². The van der Waals surface area contributed by atoms with Crippen LogP contribution in [0.1, 0.15) is 21.5 Å². The Morgan fingerprint density at radius 2 is 1.75 bits per heavy atom. The molecule has 3 aromatic carbocycles. The van der Waals surface area contributed by atoms with E-state index in [0.717, 1.165) is 37.2 Å². The topological polar surface area (TPSA) is 26.3 Å². The SMILES string of the molecule is Cc1ccc2c(C(=O)c3ccc(OCCBr)cc3)c(-c3ccccc3)sc2c1. The number of ketones is 1. The molecule has 0 amide bonds. The normalized spacial score (nSPS) is 10.9. The minimum absolute atomic E-state index is 0.0426. The molecule has 0 atom stereocenters. The molecule has 4 heteroatoms. The Kier molecular flexibility index (Phi) is 5.60. The van der Waals surface area contributed by atoms with Crippen LogP contribution in [0.3, 0.4) is 0 Å². The van der Waals surface area contributed by atoms with Gasteiger partial charge in [-0.25, -0.2) is 0 Å². The fourth-order valence-corrected chi connectivity index (χ4v) is 4.69. The number of rotatable bonds is 6. The summed E-state index contributed by atoms with van der Waals surface area (Å²) in [4.78, 5) is 14.5. The minimum Gasteiger partial charge on any atom is -0.493 e. The molecule has 1 aromatic heterocycles. The zero-order valence-corrected chi connectivity index (χ0v) is 17.8. The van der Waals surface area contributed by atoms with Crippen molar-refractivity contribution in [3.05, 3.63) is 89.5 Å². The van der Waals surface area contributed by atoms with Gasteiger partial charge in [0.2, 0.25) is 0 Å². The van der Waals surface area contributed by atoms with E-state index >= 15 is 0 Å². The summed E-state index contributed by atoms with van der Waals surface area (Å²) in [6.45, 7) is 2.68. The Hall–Kier alpha value is -2.43. The van der Waals surface area contributed by atoms with Gasteiger partial charge in [0.25, 0.3) is 0 Å². The van der Waals surface area contributed by atoms with Crippen molar-refractivity contribution in [1.82, 2.24) is 0 Å². The van der Waals surface area contributed by atoms with Gasteiger partial charge in [0.15, 0.2) is 5.78 Å². The number of hydrogen-bond donors (Lipinski definition) is 0. The summed E-state index contributed by atoms with van der Waals surface area (Å²) in [5.41, 5.74) is 3.71. The molecule has 0 aliphatic heterocycles. The van der Waals surface area contributed by atoms with E-state index in [-0.39, 0.29) is 5.78 Å². The summed E-state index contributed by atoms with van der Waals surface area (Å²) in [7, 11) is 0. The lowest BCUT2D eigenvalue weighted by molar-refractivity contribution is 0.104. The lowest BCUT2D eigenvalue weighted by Crippen LogP contribution is -2.03. The highest BCUT2D eigenvalue weighted by atomic mass is 79.9. The molecule has 0 saturated carbocycles. The molecule has 0 aliphatic rings. The van der Waals surface area contributed by atoms with Gasteiger partial charge < -0.3 is 4.74 Å². The molecule has 4 aromatic rings. The van der Waals surface area contributed by atoms with E-state index in [9.17, 15) is 4.79 Å². The van der Waals surface area contributed by atoms with Crippen molar-refractivity contribution in [2.75, 3.05) is 11.9 Å². The second-order valence-corrected chi connectivity index (χ2v) is 8.41. The molecule has 4 rings (SSSR count). The molecule has 0 spiro atoms. The maximum absolute atomic E-state index is 13.5. The summed E-state index contributed by atoms with van der Waals surface area (Å²) in [5.74, 6) is 0.811. The summed E-state index contributed by atoms with van der Waals surface area (Å²) >= 11 is 5.03. The first-order valence-corrected chi connectivity index (χ1v) is 11.0. The predicted octanol–water partition coefficient (Wildman–Crippen LogP) is 6.88. The standard InChI is InChI=1S/C24H19BrO2S/c1-16-7-12-20-21(15-16)28-24(18-5-3-2-4-6-18)22(20)23(26)17-8-10-19(11-9-17)27-14-13-25/h2-12,15H,13-14H2,1H3. The fraction of sp³-hybridized carbons (Fsp3) is 0.125. The van der Waals surface area contributed by atoms with Crippen LogP contribution < -0.4 is 4.74 Å². The number of halogens is 1. The summed E-state index contributed by atoms with van der Waals surface area (Å²) < 4.78 is 6.74. The van der Waals surface area contributed by atoms with Crippen molar-refractivity contribution in [2.45, 2.75) is 6.92 Å². The average molecular weight is 451 g/mol. The van der Waals surface area contributed by atoms with Crippen LogP contribution in [-0.2, 0) is 0 Å². The molecule has 0 fully saturated rings. The number of fused-ring (bicyclic) bond motifs is 1. The van der Waals surface area contributed by atoms with Gasteiger partial charge in [-0.1, -0.05) is 58.4 Å². The zero-order valence-electron chi connectivity index (χ0n) is 15.4. The van der Waals surface area contributed by atoms with E-state index in [0.29, 0.717) is 12.2 Å². The number of carbonyl (C=O) groups is 1. The van der Waals surface area contributed by atoms with Crippen LogP contribution in [0.15, 0.2) is 72.8 Å². The zero-order chi connectivity index (χ0) is 19.5. The maximum atomic E-state index is 13.5. The highest BCUT2D eigenvalue weighted by Gasteiger charge is 2.21. The second-order valence-electron chi connectivity index (χ2n) is 6.56. The van der Waals surface area contributed by atoms with Gasteiger partial charge in [0.05, 0.1) is 6.61 Å². The van der Waals surface area contributed by atoms with Gasteiger partial charge in [0, 0.05) is 31.4 Å². The first-order valence-electron chi connectivity index (χ1n) is 9.09. The number of aryl methyl sites for hydroxylation is 1. The monoisotopic (exact) mass is 450 g/mol. The molecule has 1 heterocycles. The molecule has 140 valence electrons. The average Bonchev–Trinajstić information content (AvgIpc) is 3.11. The number of benzene rings is 3. The van der Waals surface area contributed by atoms with Crippen LogP contribution in [0.2, 0.25) is 0 Å². The molecule has 2 nitrogen and oxygen atoms in total. The quantitative estimate of drug-likeness (QED) is 0.236. The van der Waals surface area contributed by atoms with Gasteiger partial charge in [-0.15, -0.1) is 11.3 Å². The molecule has 0 radical (unpaired) electrons. The van der Waals surface area contributed by atoms with Crippen molar-refractivity contribution >= 4 is 43.1 Å². The van der Waals surface area contributed by atoms with Crippen molar-refractivity contribution in [2.24, 2.45) is 0 Å². The molecular weight excluding hydrogens is 432 g/mol. The lowest BCUT2D eigenvalue weighted by atomic mass is 9.97. The fourth-order valence-electron chi connectivity index (χ4n) is 3.23. The maximum Gasteiger partial charge on any atom is 0.195 e. The summed E-state index contributed by atoms with van der Waals surface area (Å²) in [6.07, 6.45) is 0. The van der Waals surface area contributed by atoms with Crippen LogP contribution >= 0.6 is 27.3 Å². The van der Waals surface area contributed by atoms with E-state index in [1.165, 1.54) is 5.56 Å². The van der Waals surface area contributed by atoms with E-state index in [2.05, 4.69) is 53.2 Å². The third-order valence-electron chi connectivity index (χ3n) is 4.57. The number of ether oxygens (including phenoxy) is 1. The number of carbonyl (C=O) groups excluding carboxylic acids is 1. The summed E-state index contributed by atoms with van der Waals surface area (Å²) in [5, 5.41) is 1.79. The largest absolute Gasteiger partial charge is 0.493 e. The van der Waals surface area contributed by atoms with E-state index in [1.54, 1.807) is 11.3 Å².